The van der Waals surface area contributed by atoms with Crippen LogP contribution in [0.25, 0.3) is 10.8 Å². The van der Waals surface area contributed by atoms with Crippen LogP contribution in [0.4, 0.5) is 5.69 Å². The molecule has 0 bridgehead atoms. The van der Waals surface area contributed by atoms with Gasteiger partial charge in [0.1, 0.15) is 0 Å². The molecule has 2 aromatic carbocycles. The summed E-state index contributed by atoms with van der Waals surface area (Å²) in [6.45, 7) is 14.6. The fraction of sp³-hybridized carbons (Fsp3) is 0.583. The van der Waals surface area contributed by atoms with E-state index in [4.69, 9.17) is 0 Å². The van der Waals surface area contributed by atoms with Crippen LogP contribution in [0.15, 0.2) is 41.3 Å². The first-order chi connectivity index (χ1) is 14.8. The number of likely N-dealkylation sites (N-methyl/N-ethyl adjacent to an activating group) is 2. The molecule has 0 saturated heterocycles. The van der Waals surface area contributed by atoms with Crippen molar-refractivity contribution < 1.29 is 8.42 Å². The standard InChI is InChI=1S/C24H40N4O2S/c1-7-26(8-2)17-19-28(20-18-27(9-3)10-4)31(29,30)24-16-12-13-21-22(24)14-11-15-23(21)25(5)6/h11-16H,7-10,17-20H2,1-6H3. The van der Waals surface area contributed by atoms with Crippen LogP contribution in [-0.2, 0) is 10.0 Å². The highest BCUT2D eigenvalue weighted by Gasteiger charge is 2.27. The Morgan fingerprint density at radius 1 is 0.677 bits per heavy atom. The van der Waals surface area contributed by atoms with Crippen LogP contribution in [0, 0.1) is 0 Å². The lowest BCUT2D eigenvalue weighted by Crippen LogP contribution is -2.42. The van der Waals surface area contributed by atoms with Crippen molar-refractivity contribution in [3.63, 3.8) is 0 Å². The summed E-state index contributed by atoms with van der Waals surface area (Å²) in [4.78, 5) is 6.96. The summed E-state index contributed by atoms with van der Waals surface area (Å²) in [5, 5.41) is 1.74. The summed E-state index contributed by atoms with van der Waals surface area (Å²) in [6.07, 6.45) is 0. The van der Waals surface area contributed by atoms with E-state index in [1.54, 1.807) is 10.4 Å². The summed E-state index contributed by atoms with van der Waals surface area (Å²) in [7, 11) is 0.332. The first kappa shape index (κ1) is 25.6. The van der Waals surface area contributed by atoms with E-state index in [1.165, 1.54) is 0 Å². The fourth-order valence-corrected chi connectivity index (χ4v) is 5.58. The molecule has 0 aliphatic heterocycles. The van der Waals surface area contributed by atoms with Gasteiger partial charge in [0, 0.05) is 56.7 Å². The van der Waals surface area contributed by atoms with Crippen molar-refractivity contribution in [1.29, 1.82) is 0 Å². The van der Waals surface area contributed by atoms with Crippen LogP contribution in [-0.4, -0.2) is 89.0 Å². The lowest BCUT2D eigenvalue weighted by molar-refractivity contribution is 0.241. The molecule has 0 saturated carbocycles. The zero-order chi connectivity index (χ0) is 23.0. The normalized spacial score (nSPS) is 12.4. The van der Waals surface area contributed by atoms with E-state index < -0.39 is 10.0 Å². The molecule has 174 valence electrons. The second-order valence-corrected chi connectivity index (χ2v) is 9.89. The molecule has 0 atom stereocenters. The molecule has 2 aromatic rings. The molecule has 7 heteroatoms. The molecule has 0 spiro atoms. The van der Waals surface area contributed by atoms with E-state index in [0.717, 1.165) is 55.7 Å². The maximum Gasteiger partial charge on any atom is 0.243 e. The largest absolute Gasteiger partial charge is 0.377 e. The Morgan fingerprint density at radius 2 is 1.16 bits per heavy atom. The van der Waals surface area contributed by atoms with Gasteiger partial charge in [0.2, 0.25) is 10.0 Å². The van der Waals surface area contributed by atoms with Gasteiger partial charge in [-0.3, -0.25) is 0 Å². The molecule has 0 radical (unpaired) electrons. The maximum absolute atomic E-state index is 13.9. The third-order valence-electron chi connectivity index (χ3n) is 6.08. The number of hydrogen-bond acceptors (Lipinski definition) is 5. The minimum absolute atomic E-state index is 0.396. The smallest absolute Gasteiger partial charge is 0.243 e. The molecular formula is C24H40N4O2S. The number of nitrogens with zero attached hydrogens (tertiary/aromatic N) is 4. The lowest BCUT2D eigenvalue weighted by Gasteiger charge is -2.29. The van der Waals surface area contributed by atoms with Gasteiger partial charge in [0.15, 0.2) is 0 Å². The van der Waals surface area contributed by atoms with Crippen LogP contribution in [0.1, 0.15) is 27.7 Å². The Hall–Kier alpha value is -1.67. The van der Waals surface area contributed by atoms with E-state index in [2.05, 4.69) is 37.5 Å². The zero-order valence-electron chi connectivity index (χ0n) is 20.1. The summed E-state index contributed by atoms with van der Waals surface area (Å²) < 4.78 is 29.4. The van der Waals surface area contributed by atoms with Crippen molar-refractivity contribution in [2.45, 2.75) is 32.6 Å². The second kappa shape index (κ2) is 11.8. The third kappa shape index (κ3) is 6.19. The average molecular weight is 449 g/mol. The van der Waals surface area contributed by atoms with Gasteiger partial charge in [-0.1, -0.05) is 52.0 Å². The van der Waals surface area contributed by atoms with Gasteiger partial charge in [-0.2, -0.15) is 4.31 Å². The van der Waals surface area contributed by atoms with Crippen molar-refractivity contribution in [3.8, 4) is 0 Å². The topological polar surface area (TPSA) is 47.1 Å². The Bertz CT molecular complexity index is 906. The summed E-state index contributed by atoms with van der Waals surface area (Å²) in [5.41, 5.74) is 1.02. The SMILES string of the molecule is CCN(CC)CCN(CCN(CC)CC)S(=O)(=O)c1cccc2c(N(C)C)cccc12. The number of rotatable bonds is 13. The van der Waals surface area contributed by atoms with Gasteiger partial charge in [-0.15, -0.1) is 0 Å². The van der Waals surface area contributed by atoms with Crippen molar-refractivity contribution in [2.24, 2.45) is 0 Å². The summed E-state index contributed by atoms with van der Waals surface area (Å²) >= 11 is 0. The van der Waals surface area contributed by atoms with Crippen LogP contribution < -0.4 is 4.90 Å². The predicted octanol–water partition coefficient (Wildman–Crippen LogP) is 3.58. The molecule has 0 amide bonds. The molecule has 0 aliphatic carbocycles. The Balaban J connectivity index is 2.47. The first-order valence-electron chi connectivity index (χ1n) is 11.4. The fourth-order valence-electron chi connectivity index (χ4n) is 3.96. The molecule has 2 rings (SSSR count). The zero-order valence-corrected chi connectivity index (χ0v) is 21.0. The van der Waals surface area contributed by atoms with Gasteiger partial charge in [0.25, 0.3) is 0 Å². The number of anilines is 1. The van der Waals surface area contributed by atoms with Crippen molar-refractivity contribution in [3.05, 3.63) is 36.4 Å². The van der Waals surface area contributed by atoms with Gasteiger partial charge in [0.05, 0.1) is 4.90 Å². The Labute approximate surface area is 189 Å². The third-order valence-corrected chi connectivity index (χ3v) is 8.04. The molecule has 0 aromatic heterocycles. The molecule has 0 aliphatic rings. The molecule has 0 N–H and O–H groups in total. The molecule has 0 heterocycles. The van der Waals surface area contributed by atoms with Crippen LogP contribution >= 0.6 is 0 Å². The Kier molecular flexibility index (Phi) is 9.75. The maximum atomic E-state index is 13.9. The van der Waals surface area contributed by atoms with Gasteiger partial charge in [-0.25, -0.2) is 8.42 Å². The number of hydrogen-bond donors (Lipinski definition) is 0. The van der Waals surface area contributed by atoms with E-state index >= 15 is 0 Å². The number of sulfonamides is 1. The van der Waals surface area contributed by atoms with Crippen molar-refractivity contribution >= 4 is 26.5 Å². The number of fused-ring (bicyclic) bond motifs is 1. The van der Waals surface area contributed by atoms with E-state index in [0.29, 0.717) is 18.0 Å². The second-order valence-electron chi connectivity index (χ2n) is 7.98. The van der Waals surface area contributed by atoms with Crippen LogP contribution in [0.5, 0.6) is 0 Å². The monoisotopic (exact) mass is 448 g/mol. The lowest BCUT2D eigenvalue weighted by atomic mass is 10.1. The Morgan fingerprint density at radius 3 is 1.65 bits per heavy atom. The number of benzene rings is 2. The average Bonchev–Trinajstić information content (AvgIpc) is 2.77. The van der Waals surface area contributed by atoms with Gasteiger partial charge < -0.3 is 14.7 Å². The molecule has 0 fully saturated rings. The summed E-state index contributed by atoms with van der Waals surface area (Å²) in [5.74, 6) is 0. The molecule has 0 unspecified atom stereocenters. The van der Waals surface area contributed by atoms with Gasteiger partial charge >= 0.3 is 0 Å². The minimum Gasteiger partial charge on any atom is -0.377 e. The highest BCUT2D eigenvalue weighted by atomic mass is 32.2. The molecule has 6 nitrogen and oxygen atoms in total. The highest BCUT2D eigenvalue weighted by Crippen LogP contribution is 2.31. The molecule has 31 heavy (non-hydrogen) atoms. The minimum atomic E-state index is -3.63. The van der Waals surface area contributed by atoms with Gasteiger partial charge in [-0.05, 0) is 38.3 Å². The van der Waals surface area contributed by atoms with Crippen LogP contribution in [0.2, 0.25) is 0 Å². The summed E-state index contributed by atoms with van der Waals surface area (Å²) in [6, 6.07) is 11.5. The van der Waals surface area contributed by atoms with E-state index in [9.17, 15) is 8.42 Å². The first-order valence-corrected chi connectivity index (χ1v) is 12.9. The predicted molar refractivity (Wildman–Crippen MR) is 133 cm³/mol. The quantitative estimate of drug-likeness (QED) is 0.469. The van der Waals surface area contributed by atoms with Crippen molar-refractivity contribution in [1.82, 2.24) is 14.1 Å². The van der Waals surface area contributed by atoms with E-state index in [-0.39, 0.29) is 0 Å². The molecular weight excluding hydrogens is 408 g/mol. The van der Waals surface area contributed by atoms with E-state index in [1.807, 2.05) is 49.3 Å². The van der Waals surface area contributed by atoms with Crippen molar-refractivity contribution in [2.75, 3.05) is 71.4 Å². The highest BCUT2D eigenvalue weighted by molar-refractivity contribution is 7.89. The van der Waals surface area contributed by atoms with Crippen LogP contribution in [0.3, 0.4) is 0 Å².